The molecule has 0 bridgehead atoms. The molecule has 0 aromatic rings. The summed E-state index contributed by atoms with van der Waals surface area (Å²) in [4.78, 5) is 13.9. The minimum Gasteiger partial charge on any atom is -0.338 e. The van der Waals surface area contributed by atoms with E-state index < -0.39 is 0 Å². The van der Waals surface area contributed by atoms with Gasteiger partial charge >= 0.3 is 6.03 Å². The van der Waals surface area contributed by atoms with Crippen LogP contribution in [0.15, 0.2) is 0 Å². The zero-order valence-corrected chi connectivity index (χ0v) is 10.4. The van der Waals surface area contributed by atoms with Crippen molar-refractivity contribution in [1.29, 1.82) is 0 Å². The third kappa shape index (κ3) is 3.11. The zero-order valence-electron chi connectivity index (χ0n) is 10.4. The summed E-state index contributed by atoms with van der Waals surface area (Å²) in [5.74, 6) is 1.24. The molecule has 0 spiro atoms. The molecule has 2 amide bonds. The highest BCUT2D eigenvalue weighted by Crippen LogP contribution is 2.26. The topological polar surface area (TPSA) is 32.3 Å². The Labute approximate surface area is 93.2 Å². The molecule has 0 aromatic heterocycles. The van der Waals surface area contributed by atoms with E-state index in [1.165, 1.54) is 6.42 Å². The molecule has 3 unspecified atom stereocenters. The lowest BCUT2D eigenvalue weighted by Gasteiger charge is -2.40. The molecule has 88 valence electrons. The van der Waals surface area contributed by atoms with Crippen molar-refractivity contribution in [3.63, 3.8) is 0 Å². The van der Waals surface area contributed by atoms with Crippen LogP contribution in [0.2, 0.25) is 0 Å². The minimum atomic E-state index is 0.114. The first-order valence-electron chi connectivity index (χ1n) is 6.10. The summed E-state index contributed by atoms with van der Waals surface area (Å²) in [6, 6.07) is 0.487. The van der Waals surface area contributed by atoms with Crippen molar-refractivity contribution in [2.75, 3.05) is 13.1 Å². The van der Waals surface area contributed by atoms with Gasteiger partial charge in [-0.05, 0) is 31.6 Å². The van der Waals surface area contributed by atoms with Crippen LogP contribution in [0.5, 0.6) is 0 Å². The number of hydrogen-bond acceptors (Lipinski definition) is 1. The van der Waals surface area contributed by atoms with Gasteiger partial charge in [-0.15, -0.1) is 0 Å². The van der Waals surface area contributed by atoms with Gasteiger partial charge in [0.05, 0.1) is 0 Å². The van der Waals surface area contributed by atoms with Crippen molar-refractivity contribution < 1.29 is 4.79 Å². The number of likely N-dealkylation sites (tertiary alicyclic amines) is 1. The molecule has 0 aliphatic carbocycles. The van der Waals surface area contributed by atoms with Gasteiger partial charge in [0.2, 0.25) is 0 Å². The molecule has 1 rings (SSSR count). The molecule has 0 saturated carbocycles. The van der Waals surface area contributed by atoms with E-state index in [2.05, 4.69) is 33.0 Å². The molecule has 1 aliphatic rings. The first-order valence-corrected chi connectivity index (χ1v) is 6.10. The van der Waals surface area contributed by atoms with Crippen LogP contribution < -0.4 is 5.32 Å². The second kappa shape index (κ2) is 5.38. The van der Waals surface area contributed by atoms with Crippen LogP contribution in [0.1, 0.15) is 40.5 Å². The fourth-order valence-electron chi connectivity index (χ4n) is 2.32. The van der Waals surface area contributed by atoms with Crippen molar-refractivity contribution in [3.8, 4) is 0 Å². The van der Waals surface area contributed by atoms with E-state index in [4.69, 9.17) is 0 Å². The number of rotatable bonds is 2. The Morgan fingerprint density at radius 3 is 2.67 bits per heavy atom. The molecular formula is C12H24N2O. The van der Waals surface area contributed by atoms with Crippen molar-refractivity contribution in [2.45, 2.75) is 46.6 Å². The van der Waals surface area contributed by atoms with Gasteiger partial charge in [-0.25, -0.2) is 4.79 Å². The van der Waals surface area contributed by atoms with E-state index in [0.29, 0.717) is 17.9 Å². The zero-order chi connectivity index (χ0) is 11.4. The van der Waals surface area contributed by atoms with Crippen LogP contribution in [0, 0.1) is 11.8 Å². The monoisotopic (exact) mass is 212 g/mol. The van der Waals surface area contributed by atoms with Crippen LogP contribution in [0.3, 0.4) is 0 Å². The van der Waals surface area contributed by atoms with Gasteiger partial charge in [0.15, 0.2) is 0 Å². The van der Waals surface area contributed by atoms with Gasteiger partial charge in [0.25, 0.3) is 0 Å². The number of nitrogens with one attached hydrogen (secondary N) is 1. The van der Waals surface area contributed by atoms with Gasteiger partial charge in [0.1, 0.15) is 0 Å². The number of amides is 2. The molecule has 1 heterocycles. The average molecular weight is 212 g/mol. The quantitative estimate of drug-likeness (QED) is 0.749. The highest BCUT2D eigenvalue weighted by atomic mass is 16.2. The van der Waals surface area contributed by atoms with E-state index >= 15 is 0 Å². The van der Waals surface area contributed by atoms with Crippen LogP contribution in [-0.4, -0.2) is 30.1 Å². The molecule has 0 radical (unpaired) electrons. The molecule has 1 aliphatic heterocycles. The average Bonchev–Trinajstić information content (AvgIpc) is 2.19. The first-order chi connectivity index (χ1) is 7.06. The molecule has 3 atom stereocenters. The Morgan fingerprint density at radius 1 is 1.40 bits per heavy atom. The van der Waals surface area contributed by atoms with Crippen LogP contribution in [0.25, 0.3) is 0 Å². The molecule has 15 heavy (non-hydrogen) atoms. The number of nitrogens with zero attached hydrogens (tertiary/aromatic N) is 1. The maximum atomic E-state index is 11.9. The Kier molecular flexibility index (Phi) is 4.43. The minimum absolute atomic E-state index is 0.114. The van der Waals surface area contributed by atoms with Crippen molar-refractivity contribution >= 4 is 6.03 Å². The Hall–Kier alpha value is -0.730. The Morgan fingerprint density at radius 2 is 2.07 bits per heavy atom. The summed E-state index contributed by atoms with van der Waals surface area (Å²) in [7, 11) is 0. The van der Waals surface area contributed by atoms with Crippen molar-refractivity contribution in [1.82, 2.24) is 10.2 Å². The maximum absolute atomic E-state index is 11.9. The summed E-state index contributed by atoms with van der Waals surface area (Å²) in [6.07, 6.45) is 2.23. The molecular weight excluding hydrogens is 188 g/mol. The van der Waals surface area contributed by atoms with E-state index in [1.54, 1.807) is 0 Å². The fourth-order valence-corrected chi connectivity index (χ4v) is 2.32. The van der Waals surface area contributed by atoms with Gasteiger partial charge in [0, 0.05) is 19.1 Å². The van der Waals surface area contributed by atoms with Gasteiger partial charge in [-0.2, -0.15) is 0 Å². The summed E-state index contributed by atoms with van der Waals surface area (Å²) in [6.45, 7) is 10.4. The lowest BCUT2D eigenvalue weighted by atomic mass is 9.86. The number of carbonyl (C=O) groups excluding carboxylic acids is 1. The normalized spacial score (nSPS) is 31.5. The molecule has 3 heteroatoms. The second-order valence-corrected chi connectivity index (χ2v) is 4.94. The predicted octanol–water partition coefficient (Wildman–Crippen LogP) is 2.47. The highest BCUT2D eigenvalue weighted by molar-refractivity contribution is 5.74. The summed E-state index contributed by atoms with van der Waals surface area (Å²) in [5, 5.41) is 2.96. The smallest absolute Gasteiger partial charge is 0.317 e. The van der Waals surface area contributed by atoms with E-state index in [0.717, 1.165) is 19.5 Å². The fraction of sp³-hybridized carbons (Fsp3) is 0.917. The SMILES string of the molecule is CCCNC(=O)N1CC(C)CC(C)C1C. The number of piperidine rings is 1. The van der Waals surface area contributed by atoms with Crippen molar-refractivity contribution in [3.05, 3.63) is 0 Å². The summed E-state index contributed by atoms with van der Waals surface area (Å²) >= 11 is 0. The summed E-state index contributed by atoms with van der Waals surface area (Å²) in [5.41, 5.74) is 0. The van der Waals surface area contributed by atoms with Crippen molar-refractivity contribution in [2.24, 2.45) is 11.8 Å². The predicted molar refractivity (Wildman–Crippen MR) is 62.8 cm³/mol. The van der Waals surface area contributed by atoms with Gasteiger partial charge in [-0.1, -0.05) is 20.8 Å². The maximum Gasteiger partial charge on any atom is 0.317 e. The Bertz CT molecular complexity index is 218. The van der Waals surface area contributed by atoms with Gasteiger partial charge in [-0.3, -0.25) is 0 Å². The van der Waals surface area contributed by atoms with E-state index in [1.807, 2.05) is 4.90 Å². The third-order valence-corrected chi connectivity index (χ3v) is 3.38. The lowest BCUT2D eigenvalue weighted by molar-refractivity contribution is 0.102. The molecule has 1 N–H and O–H groups in total. The number of hydrogen-bond donors (Lipinski definition) is 1. The third-order valence-electron chi connectivity index (χ3n) is 3.38. The van der Waals surface area contributed by atoms with Crippen LogP contribution >= 0.6 is 0 Å². The second-order valence-electron chi connectivity index (χ2n) is 4.94. The number of carbonyl (C=O) groups is 1. The molecule has 3 nitrogen and oxygen atoms in total. The standard InChI is InChI=1S/C12H24N2O/c1-5-6-13-12(15)14-8-9(2)7-10(3)11(14)4/h9-11H,5-8H2,1-4H3,(H,13,15). The molecule has 1 fully saturated rings. The molecule has 0 aromatic carbocycles. The largest absolute Gasteiger partial charge is 0.338 e. The first kappa shape index (κ1) is 12.3. The van der Waals surface area contributed by atoms with E-state index in [-0.39, 0.29) is 6.03 Å². The lowest BCUT2D eigenvalue weighted by Crippen LogP contribution is -2.52. The summed E-state index contributed by atoms with van der Waals surface area (Å²) < 4.78 is 0. The van der Waals surface area contributed by atoms with E-state index in [9.17, 15) is 4.79 Å². The highest BCUT2D eigenvalue weighted by Gasteiger charge is 2.31. The van der Waals surface area contributed by atoms with Crippen LogP contribution in [-0.2, 0) is 0 Å². The number of urea groups is 1. The van der Waals surface area contributed by atoms with Crippen LogP contribution in [0.4, 0.5) is 4.79 Å². The molecule has 1 saturated heterocycles. The van der Waals surface area contributed by atoms with Gasteiger partial charge < -0.3 is 10.2 Å². The Balaban J connectivity index is 2.54.